The van der Waals surface area contributed by atoms with Crippen LogP contribution < -0.4 is 5.32 Å². The molecule has 154 valence electrons. The third kappa shape index (κ3) is 5.32. The number of anilines is 1. The maximum Gasteiger partial charge on any atom is 0.341 e. The maximum atomic E-state index is 12.6. The Balaban J connectivity index is 1.90. The molecule has 0 bridgehead atoms. The van der Waals surface area contributed by atoms with E-state index in [0.29, 0.717) is 31.7 Å². The van der Waals surface area contributed by atoms with Crippen LogP contribution in [0.5, 0.6) is 0 Å². The van der Waals surface area contributed by atoms with Crippen LogP contribution in [0.15, 0.2) is 58.4 Å². The summed E-state index contributed by atoms with van der Waals surface area (Å²) < 4.78 is 6.14. The van der Waals surface area contributed by atoms with Crippen LogP contribution in [-0.2, 0) is 9.53 Å². The van der Waals surface area contributed by atoms with Crippen molar-refractivity contribution in [1.82, 2.24) is 0 Å². The van der Waals surface area contributed by atoms with Crippen molar-refractivity contribution >= 4 is 73.4 Å². The Labute approximate surface area is 196 Å². The number of rotatable bonds is 6. The molecule has 2 aromatic carbocycles. The van der Waals surface area contributed by atoms with Crippen molar-refractivity contribution in [2.45, 2.75) is 6.92 Å². The van der Waals surface area contributed by atoms with Gasteiger partial charge in [0.05, 0.1) is 6.61 Å². The number of benzene rings is 2. The molecule has 0 saturated carbocycles. The first kappa shape index (κ1) is 22.6. The SMILES string of the molecule is CCOC(=O)c1c(-c2ccc(Br)cc2)csc1NC(=O)/C=C/c1c(Cl)cccc1Cl. The topological polar surface area (TPSA) is 55.4 Å². The molecule has 1 heterocycles. The first-order valence-corrected chi connectivity index (χ1v) is 11.3. The molecule has 1 aromatic heterocycles. The van der Waals surface area contributed by atoms with E-state index in [9.17, 15) is 9.59 Å². The number of ether oxygens (including phenoxy) is 1. The average Bonchev–Trinajstić information content (AvgIpc) is 3.12. The smallest absolute Gasteiger partial charge is 0.341 e. The second-order valence-corrected chi connectivity index (χ2v) is 8.65. The maximum absolute atomic E-state index is 12.6. The lowest BCUT2D eigenvalue weighted by molar-refractivity contribution is -0.111. The van der Waals surface area contributed by atoms with E-state index in [0.717, 1.165) is 10.0 Å². The van der Waals surface area contributed by atoms with E-state index in [-0.39, 0.29) is 6.61 Å². The molecule has 0 radical (unpaired) electrons. The Bertz CT molecular complexity index is 1090. The molecule has 0 fully saturated rings. The van der Waals surface area contributed by atoms with Gasteiger partial charge in [-0.05, 0) is 42.8 Å². The van der Waals surface area contributed by atoms with Gasteiger partial charge in [0, 0.05) is 37.1 Å². The first-order chi connectivity index (χ1) is 14.4. The van der Waals surface area contributed by atoms with Crippen molar-refractivity contribution in [3.8, 4) is 11.1 Å². The van der Waals surface area contributed by atoms with Gasteiger partial charge in [-0.25, -0.2) is 4.79 Å². The highest BCUT2D eigenvalue weighted by Gasteiger charge is 2.22. The molecule has 0 aliphatic heterocycles. The van der Waals surface area contributed by atoms with E-state index in [1.54, 1.807) is 25.1 Å². The van der Waals surface area contributed by atoms with Gasteiger partial charge in [-0.2, -0.15) is 0 Å². The highest BCUT2D eigenvalue weighted by Crippen LogP contribution is 2.36. The van der Waals surface area contributed by atoms with Crippen LogP contribution in [-0.4, -0.2) is 18.5 Å². The highest BCUT2D eigenvalue weighted by atomic mass is 79.9. The Morgan fingerprint density at radius 3 is 2.43 bits per heavy atom. The fraction of sp³-hybridized carbons (Fsp3) is 0.0909. The summed E-state index contributed by atoms with van der Waals surface area (Å²) >= 11 is 16.9. The predicted octanol–water partition coefficient (Wildman–Crippen LogP) is 7.31. The van der Waals surface area contributed by atoms with Crippen LogP contribution in [0.3, 0.4) is 0 Å². The normalized spacial score (nSPS) is 10.9. The molecule has 1 amide bonds. The average molecular weight is 525 g/mol. The number of nitrogens with one attached hydrogen (secondary N) is 1. The second-order valence-electron chi connectivity index (χ2n) is 6.04. The van der Waals surface area contributed by atoms with Crippen LogP contribution in [0, 0.1) is 0 Å². The van der Waals surface area contributed by atoms with Gasteiger partial charge in [0.1, 0.15) is 10.6 Å². The van der Waals surface area contributed by atoms with Gasteiger partial charge in [-0.15, -0.1) is 11.3 Å². The number of carbonyl (C=O) groups excluding carboxylic acids is 2. The van der Waals surface area contributed by atoms with E-state index < -0.39 is 11.9 Å². The van der Waals surface area contributed by atoms with Gasteiger partial charge >= 0.3 is 5.97 Å². The molecule has 0 spiro atoms. The summed E-state index contributed by atoms with van der Waals surface area (Å²) in [5.74, 6) is -0.911. The molecule has 8 heteroatoms. The monoisotopic (exact) mass is 523 g/mol. The fourth-order valence-corrected chi connectivity index (χ4v) is 4.43. The summed E-state index contributed by atoms with van der Waals surface area (Å²) in [5, 5.41) is 5.86. The summed E-state index contributed by atoms with van der Waals surface area (Å²) in [4.78, 5) is 25.1. The highest BCUT2D eigenvalue weighted by molar-refractivity contribution is 9.10. The zero-order valence-corrected chi connectivity index (χ0v) is 19.7. The Hall–Kier alpha value is -2.12. The number of thiophene rings is 1. The number of halogens is 3. The van der Waals surface area contributed by atoms with Crippen molar-refractivity contribution in [1.29, 1.82) is 0 Å². The summed E-state index contributed by atoms with van der Waals surface area (Å²) in [5.41, 5.74) is 2.40. The molecule has 30 heavy (non-hydrogen) atoms. The van der Waals surface area contributed by atoms with Gasteiger partial charge in [-0.3, -0.25) is 4.79 Å². The minimum absolute atomic E-state index is 0.229. The van der Waals surface area contributed by atoms with Crippen molar-refractivity contribution < 1.29 is 14.3 Å². The van der Waals surface area contributed by atoms with Gasteiger partial charge < -0.3 is 10.1 Å². The Kier molecular flexibility index (Phi) is 7.72. The zero-order valence-electron chi connectivity index (χ0n) is 15.7. The van der Waals surface area contributed by atoms with Crippen molar-refractivity contribution in [2.75, 3.05) is 11.9 Å². The summed E-state index contributed by atoms with van der Waals surface area (Å²) in [6, 6.07) is 12.6. The molecule has 3 aromatic rings. The van der Waals surface area contributed by atoms with Gasteiger partial charge in [0.2, 0.25) is 5.91 Å². The van der Waals surface area contributed by atoms with E-state index in [1.807, 2.05) is 29.6 Å². The standard InChI is InChI=1S/C22H16BrCl2NO3S/c1-2-29-22(28)20-16(13-6-8-14(23)9-7-13)12-30-21(20)26-19(27)11-10-15-17(24)4-3-5-18(15)25/h3-12H,2H2,1H3,(H,26,27)/b11-10+. The molecule has 4 nitrogen and oxygen atoms in total. The minimum atomic E-state index is -0.495. The molecule has 0 aliphatic rings. The van der Waals surface area contributed by atoms with Crippen molar-refractivity contribution in [3.63, 3.8) is 0 Å². The lowest BCUT2D eigenvalue weighted by Gasteiger charge is -2.08. The minimum Gasteiger partial charge on any atom is -0.462 e. The van der Waals surface area contributed by atoms with E-state index in [2.05, 4.69) is 21.2 Å². The molecule has 0 aliphatic carbocycles. The molecular formula is C22H16BrCl2NO3S. The lowest BCUT2D eigenvalue weighted by Crippen LogP contribution is -2.12. The van der Waals surface area contributed by atoms with Crippen LogP contribution in [0.2, 0.25) is 10.0 Å². The number of esters is 1. The number of hydrogen-bond acceptors (Lipinski definition) is 4. The van der Waals surface area contributed by atoms with Gasteiger partial charge in [0.25, 0.3) is 0 Å². The summed E-state index contributed by atoms with van der Waals surface area (Å²) in [6.07, 6.45) is 2.86. The quantitative estimate of drug-likeness (QED) is 0.271. The van der Waals surface area contributed by atoms with Gasteiger partial charge in [0.15, 0.2) is 0 Å². The van der Waals surface area contributed by atoms with Crippen molar-refractivity contribution in [3.05, 3.63) is 79.6 Å². The Morgan fingerprint density at radius 2 is 1.80 bits per heavy atom. The van der Waals surface area contributed by atoms with E-state index in [1.165, 1.54) is 23.5 Å². The van der Waals surface area contributed by atoms with Crippen LogP contribution in [0.4, 0.5) is 5.00 Å². The molecule has 0 saturated heterocycles. The van der Waals surface area contributed by atoms with Gasteiger partial charge in [-0.1, -0.05) is 57.3 Å². The zero-order chi connectivity index (χ0) is 21.7. The second kappa shape index (κ2) is 10.3. The largest absolute Gasteiger partial charge is 0.462 e. The third-order valence-corrected chi connectivity index (χ3v) is 6.15. The third-order valence-electron chi connectivity index (χ3n) is 4.06. The molecule has 1 N–H and O–H groups in total. The number of hydrogen-bond donors (Lipinski definition) is 1. The number of amides is 1. The van der Waals surface area contributed by atoms with E-state index >= 15 is 0 Å². The molecule has 0 unspecified atom stereocenters. The summed E-state index contributed by atoms with van der Waals surface area (Å²) in [6.45, 7) is 1.96. The lowest BCUT2D eigenvalue weighted by atomic mass is 10.0. The van der Waals surface area contributed by atoms with Crippen LogP contribution >= 0.6 is 50.5 Å². The molecule has 3 rings (SSSR count). The van der Waals surface area contributed by atoms with E-state index in [4.69, 9.17) is 27.9 Å². The predicted molar refractivity (Wildman–Crippen MR) is 128 cm³/mol. The first-order valence-electron chi connectivity index (χ1n) is 8.88. The summed E-state index contributed by atoms with van der Waals surface area (Å²) in [7, 11) is 0. The van der Waals surface area contributed by atoms with Crippen molar-refractivity contribution in [2.24, 2.45) is 0 Å². The molecule has 0 atom stereocenters. The molecular weight excluding hydrogens is 509 g/mol. The number of carbonyl (C=O) groups is 2. The fourth-order valence-electron chi connectivity index (χ4n) is 2.68. The van der Waals surface area contributed by atoms with Crippen LogP contribution in [0.1, 0.15) is 22.8 Å². The van der Waals surface area contributed by atoms with Crippen LogP contribution in [0.25, 0.3) is 17.2 Å². The Morgan fingerprint density at radius 1 is 1.13 bits per heavy atom.